The van der Waals surface area contributed by atoms with Crippen LogP contribution in [0.25, 0.3) is 0 Å². The number of pyridine rings is 1. The van der Waals surface area contributed by atoms with Gasteiger partial charge in [-0.3, -0.25) is 14.7 Å². The van der Waals surface area contributed by atoms with E-state index in [-0.39, 0.29) is 29.5 Å². The Hall–Kier alpha value is -1.47. The number of sulfone groups is 1. The van der Waals surface area contributed by atoms with Gasteiger partial charge in [0.2, 0.25) is 0 Å². The molecule has 2 aliphatic heterocycles. The highest BCUT2D eigenvalue weighted by molar-refractivity contribution is 7.91. The third-order valence-electron chi connectivity index (χ3n) is 4.47. The molecule has 2 aliphatic rings. The Morgan fingerprint density at radius 1 is 1.32 bits per heavy atom. The van der Waals surface area contributed by atoms with E-state index in [1.54, 1.807) is 29.4 Å². The lowest BCUT2D eigenvalue weighted by molar-refractivity contribution is 0.0333. The van der Waals surface area contributed by atoms with E-state index in [0.717, 1.165) is 19.5 Å². The van der Waals surface area contributed by atoms with Gasteiger partial charge in [-0.15, -0.1) is 0 Å². The predicted molar refractivity (Wildman–Crippen MR) is 83.4 cm³/mol. The first-order valence-corrected chi connectivity index (χ1v) is 9.49. The molecular formula is C15H21N3O3S. The van der Waals surface area contributed by atoms with Crippen LogP contribution >= 0.6 is 0 Å². The molecule has 6 nitrogen and oxygen atoms in total. The Morgan fingerprint density at radius 2 is 2.09 bits per heavy atom. The quantitative estimate of drug-likeness (QED) is 0.806. The van der Waals surface area contributed by atoms with Crippen LogP contribution in [0.15, 0.2) is 24.5 Å². The second-order valence-electron chi connectivity index (χ2n) is 5.99. The molecule has 1 aromatic heterocycles. The van der Waals surface area contributed by atoms with Crippen LogP contribution in [0.2, 0.25) is 0 Å². The number of fused-ring (bicyclic) bond motifs is 1. The second kappa shape index (κ2) is 5.96. The van der Waals surface area contributed by atoms with Crippen molar-refractivity contribution in [2.45, 2.75) is 25.4 Å². The zero-order chi connectivity index (χ0) is 15.7. The molecular weight excluding hydrogens is 302 g/mol. The molecule has 0 bridgehead atoms. The van der Waals surface area contributed by atoms with Crippen LogP contribution in [0.3, 0.4) is 0 Å². The van der Waals surface area contributed by atoms with Gasteiger partial charge in [0, 0.05) is 31.5 Å². The van der Waals surface area contributed by atoms with Crippen LogP contribution in [0, 0.1) is 0 Å². The molecule has 3 heterocycles. The average molecular weight is 323 g/mol. The van der Waals surface area contributed by atoms with E-state index in [2.05, 4.69) is 16.8 Å². The Kier molecular flexibility index (Phi) is 4.18. The molecule has 1 aromatic rings. The maximum Gasteiger partial charge on any atom is 0.255 e. The van der Waals surface area contributed by atoms with Crippen molar-refractivity contribution in [2.75, 3.05) is 31.1 Å². The minimum Gasteiger partial charge on any atom is -0.332 e. The summed E-state index contributed by atoms with van der Waals surface area (Å²) in [5.41, 5.74) is 0.523. The number of hydrogen-bond donors (Lipinski definition) is 0. The first kappa shape index (κ1) is 15.4. The zero-order valence-electron chi connectivity index (χ0n) is 12.7. The SMILES string of the molecule is CCCN1CCN(C(=O)c2cccnc2)[C@@H]2CS(=O)(=O)C[C@@H]21. The molecule has 120 valence electrons. The molecule has 0 unspecified atom stereocenters. The van der Waals surface area contributed by atoms with Gasteiger partial charge in [-0.25, -0.2) is 8.42 Å². The van der Waals surface area contributed by atoms with Gasteiger partial charge in [-0.2, -0.15) is 0 Å². The summed E-state index contributed by atoms with van der Waals surface area (Å²) in [5.74, 6) is 0.120. The zero-order valence-corrected chi connectivity index (χ0v) is 13.5. The molecule has 1 amide bonds. The monoisotopic (exact) mass is 323 g/mol. The Bertz CT molecular complexity index is 647. The van der Waals surface area contributed by atoms with Gasteiger partial charge in [0.05, 0.1) is 23.1 Å². The van der Waals surface area contributed by atoms with Crippen LogP contribution in [0.1, 0.15) is 23.7 Å². The maximum atomic E-state index is 12.7. The minimum atomic E-state index is -3.08. The summed E-state index contributed by atoms with van der Waals surface area (Å²) < 4.78 is 24.1. The van der Waals surface area contributed by atoms with Gasteiger partial charge in [-0.1, -0.05) is 6.92 Å². The van der Waals surface area contributed by atoms with Crippen LogP contribution in [0.5, 0.6) is 0 Å². The third kappa shape index (κ3) is 2.87. The standard InChI is InChI=1S/C15H21N3O3S/c1-2-6-17-7-8-18(14-11-22(20,21)10-13(14)17)15(19)12-4-3-5-16-9-12/h3-5,9,13-14H,2,6-8,10-11H2,1H3/t13-,14+/m0/s1. The highest BCUT2D eigenvalue weighted by Gasteiger charge is 2.47. The number of nitrogens with zero attached hydrogens (tertiary/aromatic N) is 3. The summed E-state index contributed by atoms with van der Waals surface area (Å²) in [6.07, 6.45) is 4.15. The molecule has 0 N–H and O–H groups in total. The fraction of sp³-hybridized carbons (Fsp3) is 0.600. The number of aromatic nitrogens is 1. The molecule has 7 heteroatoms. The first-order valence-electron chi connectivity index (χ1n) is 7.67. The van der Waals surface area contributed by atoms with E-state index in [0.29, 0.717) is 12.1 Å². The highest BCUT2D eigenvalue weighted by atomic mass is 32.2. The molecule has 0 saturated carbocycles. The van der Waals surface area contributed by atoms with Crippen molar-refractivity contribution in [3.05, 3.63) is 30.1 Å². The van der Waals surface area contributed by atoms with Crippen LogP contribution in [-0.2, 0) is 9.84 Å². The van der Waals surface area contributed by atoms with Gasteiger partial charge >= 0.3 is 0 Å². The van der Waals surface area contributed by atoms with Gasteiger partial charge in [0.15, 0.2) is 9.84 Å². The lowest BCUT2D eigenvalue weighted by Crippen LogP contribution is -2.60. The van der Waals surface area contributed by atoms with E-state index in [1.807, 2.05) is 0 Å². The maximum absolute atomic E-state index is 12.7. The molecule has 2 atom stereocenters. The average Bonchev–Trinajstić information content (AvgIpc) is 2.83. The van der Waals surface area contributed by atoms with E-state index in [1.165, 1.54) is 0 Å². The summed E-state index contributed by atoms with van der Waals surface area (Å²) >= 11 is 0. The summed E-state index contributed by atoms with van der Waals surface area (Å²) in [6.45, 7) is 4.28. The Morgan fingerprint density at radius 3 is 2.77 bits per heavy atom. The molecule has 3 rings (SSSR count). The van der Waals surface area contributed by atoms with Crippen molar-refractivity contribution in [2.24, 2.45) is 0 Å². The van der Waals surface area contributed by atoms with E-state index in [9.17, 15) is 13.2 Å². The van der Waals surface area contributed by atoms with Crippen molar-refractivity contribution in [1.29, 1.82) is 0 Å². The first-order chi connectivity index (χ1) is 10.5. The number of hydrogen-bond acceptors (Lipinski definition) is 5. The van der Waals surface area contributed by atoms with Crippen LogP contribution in [0.4, 0.5) is 0 Å². The molecule has 2 fully saturated rings. The number of piperazine rings is 1. The lowest BCUT2D eigenvalue weighted by atomic mass is 10.0. The number of amides is 1. The fourth-order valence-corrected chi connectivity index (χ4v) is 5.51. The van der Waals surface area contributed by atoms with Crippen LogP contribution in [-0.4, -0.2) is 72.3 Å². The smallest absolute Gasteiger partial charge is 0.255 e. The lowest BCUT2D eigenvalue weighted by Gasteiger charge is -2.43. The molecule has 0 radical (unpaired) electrons. The van der Waals surface area contributed by atoms with Gasteiger partial charge in [0.25, 0.3) is 5.91 Å². The minimum absolute atomic E-state index is 0.0701. The summed E-state index contributed by atoms with van der Waals surface area (Å²) in [5, 5.41) is 0. The largest absolute Gasteiger partial charge is 0.332 e. The summed E-state index contributed by atoms with van der Waals surface area (Å²) in [4.78, 5) is 20.6. The Balaban J connectivity index is 1.86. The van der Waals surface area contributed by atoms with E-state index < -0.39 is 9.84 Å². The second-order valence-corrected chi connectivity index (χ2v) is 8.14. The molecule has 0 aliphatic carbocycles. The molecule has 0 aromatic carbocycles. The summed E-state index contributed by atoms with van der Waals surface area (Å²) in [7, 11) is -3.08. The summed E-state index contributed by atoms with van der Waals surface area (Å²) in [6, 6.07) is 3.15. The number of carbonyl (C=O) groups excluding carboxylic acids is 1. The molecule has 2 saturated heterocycles. The van der Waals surface area contributed by atoms with Crippen LogP contribution < -0.4 is 0 Å². The number of carbonyl (C=O) groups is 1. The van der Waals surface area contributed by atoms with Crippen molar-refractivity contribution < 1.29 is 13.2 Å². The van der Waals surface area contributed by atoms with E-state index >= 15 is 0 Å². The van der Waals surface area contributed by atoms with Gasteiger partial charge in [0.1, 0.15) is 0 Å². The predicted octanol–water partition coefficient (Wildman–Crippen LogP) is 0.415. The van der Waals surface area contributed by atoms with Crippen molar-refractivity contribution in [1.82, 2.24) is 14.8 Å². The Labute approximate surface area is 131 Å². The highest BCUT2D eigenvalue weighted by Crippen LogP contribution is 2.28. The third-order valence-corrected chi connectivity index (χ3v) is 6.17. The topological polar surface area (TPSA) is 70.6 Å². The van der Waals surface area contributed by atoms with Crippen molar-refractivity contribution >= 4 is 15.7 Å². The van der Waals surface area contributed by atoms with Gasteiger partial charge in [-0.05, 0) is 25.1 Å². The number of rotatable bonds is 3. The normalized spacial score (nSPS) is 27.6. The molecule has 22 heavy (non-hydrogen) atoms. The van der Waals surface area contributed by atoms with Crippen molar-refractivity contribution in [3.63, 3.8) is 0 Å². The van der Waals surface area contributed by atoms with Crippen molar-refractivity contribution in [3.8, 4) is 0 Å². The molecule has 0 spiro atoms. The fourth-order valence-electron chi connectivity index (χ4n) is 3.50. The van der Waals surface area contributed by atoms with E-state index in [4.69, 9.17) is 0 Å². The van der Waals surface area contributed by atoms with Gasteiger partial charge < -0.3 is 4.90 Å².